The van der Waals surface area contributed by atoms with Crippen molar-refractivity contribution in [3.63, 3.8) is 0 Å². The molecule has 2 aliphatic heterocycles. The highest BCUT2D eigenvalue weighted by atomic mass is 16.5. The first-order valence-corrected chi connectivity index (χ1v) is 7.96. The van der Waals surface area contributed by atoms with Crippen molar-refractivity contribution >= 4 is 5.97 Å². The summed E-state index contributed by atoms with van der Waals surface area (Å²) in [6.45, 7) is 10.0. The molecule has 21 heavy (non-hydrogen) atoms. The summed E-state index contributed by atoms with van der Waals surface area (Å²) in [5, 5.41) is 8.63. The van der Waals surface area contributed by atoms with Crippen LogP contribution in [-0.2, 0) is 14.3 Å². The molecule has 2 fully saturated rings. The zero-order chi connectivity index (χ0) is 15.2. The van der Waals surface area contributed by atoms with Crippen molar-refractivity contribution in [3.8, 4) is 0 Å². The molecule has 0 saturated carbocycles. The van der Waals surface area contributed by atoms with Gasteiger partial charge >= 0.3 is 5.97 Å². The van der Waals surface area contributed by atoms with Crippen LogP contribution >= 0.6 is 0 Å². The van der Waals surface area contributed by atoms with Gasteiger partial charge in [-0.15, -0.1) is 0 Å². The Hall–Kier alpha value is -0.690. The van der Waals surface area contributed by atoms with Crippen LogP contribution in [0.15, 0.2) is 0 Å². The third-order valence-corrected chi connectivity index (χ3v) is 4.34. The van der Waals surface area contributed by atoms with Crippen LogP contribution in [-0.4, -0.2) is 85.1 Å². The van der Waals surface area contributed by atoms with Crippen molar-refractivity contribution in [3.05, 3.63) is 0 Å². The number of rotatable bonds is 6. The smallest absolute Gasteiger partial charge is 0.329 e. The molecule has 1 atom stereocenters. The molecule has 0 amide bonds. The molecular weight excluding hydrogens is 272 g/mol. The zero-order valence-corrected chi connectivity index (χ0v) is 13.2. The average molecular weight is 300 g/mol. The van der Waals surface area contributed by atoms with Crippen molar-refractivity contribution in [1.29, 1.82) is 0 Å². The minimum Gasteiger partial charge on any atom is -0.480 e. The summed E-state index contributed by atoms with van der Waals surface area (Å²) < 4.78 is 11.2. The molecular formula is C15H28N2O4. The fourth-order valence-electron chi connectivity index (χ4n) is 3.06. The van der Waals surface area contributed by atoms with Crippen LogP contribution in [0.1, 0.15) is 26.7 Å². The second kappa shape index (κ2) is 8.08. The Morgan fingerprint density at radius 1 is 1.33 bits per heavy atom. The summed E-state index contributed by atoms with van der Waals surface area (Å²) in [5.74, 6) is -0.887. The summed E-state index contributed by atoms with van der Waals surface area (Å²) >= 11 is 0. The van der Waals surface area contributed by atoms with E-state index in [4.69, 9.17) is 14.6 Å². The third kappa shape index (κ3) is 5.54. The van der Waals surface area contributed by atoms with Gasteiger partial charge in [-0.3, -0.25) is 4.90 Å². The van der Waals surface area contributed by atoms with Gasteiger partial charge in [0.15, 0.2) is 0 Å². The average Bonchev–Trinajstić information content (AvgIpc) is 2.47. The number of hydrogen-bond acceptors (Lipinski definition) is 5. The Morgan fingerprint density at radius 2 is 2.05 bits per heavy atom. The zero-order valence-electron chi connectivity index (χ0n) is 13.2. The van der Waals surface area contributed by atoms with E-state index < -0.39 is 5.97 Å². The number of piperidine rings is 1. The Labute approximate surface area is 127 Å². The highest BCUT2D eigenvalue weighted by Crippen LogP contribution is 2.16. The highest BCUT2D eigenvalue weighted by molar-refractivity contribution is 5.68. The topological polar surface area (TPSA) is 62.2 Å². The molecule has 0 aliphatic carbocycles. The second-order valence-electron chi connectivity index (χ2n) is 6.29. The van der Waals surface area contributed by atoms with E-state index >= 15 is 0 Å². The van der Waals surface area contributed by atoms with E-state index in [1.54, 1.807) is 0 Å². The lowest BCUT2D eigenvalue weighted by molar-refractivity contribution is -0.145. The first kappa shape index (κ1) is 16.7. The molecule has 0 aromatic carbocycles. The van der Waals surface area contributed by atoms with Crippen LogP contribution in [0.25, 0.3) is 0 Å². The van der Waals surface area contributed by atoms with Crippen molar-refractivity contribution in [2.75, 3.05) is 45.9 Å². The maximum atomic E-state index is 10.5. The summed E-state index contributed by atoms with van der Waals surface area (Å²) in [6.07, 6.45) is 2.20. The molecule has 2 aliphatic rings. The number of carboxylic acids is 1. The number of morpholine rings is 1. The van der Waals surface area contributed by atoms with Gasteiger partial charge in [0.1, 0.15) is 6.61 Å². The van der Waals surface area contributed by atoms with Crippen LogP contribution in [0.3, 0.4) is 0 Å². The van der Waals surface area contributed by atoms with E-state index in [1.807, 2.05) is 0 Å². The van der Waals surface area contributed by atoms with Gasteiger partial charge in [-0.25, -0.2) is 4.79 Å². The van der Waals surface area contributed by atoms with Crippen molar-refractivity contribution in [1.82, 2.24) is 9.80 Å². The summed E-state index contributed by atoms with van der Waals surface area (Å²) in [4.78, 5) is 15.4. The molecule has 2 heterocycles. The maximum absolute atomic E-state index is 10.5. The van der Waals surface area contributed by atoms with E-state index in [2.05, 4.69) is 23.6 Å². The predicted octanol–water partition coefficient (Wildman–Crippen LogP) is 0.661. The SMILES string of the molecule is CC(C)N1CCOC(CN2CCC(OCC(=O)O)CC2)C1. The van der Waals surface area contributed by atoms with Gasteiger partial charge in [0, 0.05) is 38.8 Å². The number of carbonyl (C=O) groups is 1. The van der Waals surface area contributed by atoms with Crippen molar-refractivity contribution in [2.45, 2.75) is 44.9 Å². The number of nitrogens with zero attached hydrogens (tertiary/aromatic N) is 2. The monoisotopic (exact) mass is 300 g/mol. The van der Waals surface area contributed by atoms with Crippen LogP contribution in [0.4, 0.5) is 0 Å². The lowest BCUT2D eigenvalue weighted by Gasteiger charge is -2.39. The first-order valence-electron chi connectivity index (χ1n) is 7.96. The molecule has 0 radical (unpaired) electrons. The van der Waals surface area contributed by atoms with Crippen molar-refractivity contribution in [2.24, 2.45) is 0 Å². The lowest BCUT2D eigenvalue weighted by Crippen LogP contribution is -2.51. The quantitative estimate of drug-likeness (QED) is 0.777. The molecule has 0 bridgehead atoms. The number of ether oxygens (including phenoxy) is 2. The fraction of sp³-hybridized carbons (Fsp3) is 0.933. The van der Waals surface area contributed by atoms with E-state index in [1.165, 1.54) is 0 Å². The molecule has 1 unspecified atom stereocenters. The minimum atomic E-state index is -0.887. The van der Waals surface area contributed by atoms with E-state index in [9.17, 15) is 4.79 Å². The van der Waals surface area contributed by atoms with Crippen LogP contribution in [0, 0.1) is 0 Å². The number of likely N-dealkylation sites (tertiary alicyclic amines) is 1. The Morgan fingerprint density at radius 3 is 2.67 bits per heavy atom. The lowest BCUT2D eigenvalue weighted by atomic mass is 10.1. The largest absolute Gasteiger partial charge is 0.480 e. The van der Waals surface area contributed by atoms with Gasteiger partial charge in [-0.2, -0.15) is 0 Å². The highest BCUT2D eigenvalue weighted by Gasteiger charge is 2.26. The van der Waals surface area contributed by atoms with Crippen molar-refractivity contribution < 1.29 is 19.4 Å². The molecule has 122 valence electrons. The van der Waals surface area contributed by atoms with Gasteiger partial charge in [-0.1, -0.05) is 0 Å². The fourth-order valence-corrected chi connectivity index (χ4v) is 3.06. The van der Waals surface area contributed by atoms with Crippen LogP contribution in [0.2, 0.25) is 0 Å². The molecule has 6 nitrogen and oxygen atoms in total. The van der Waals surface area contributed by atoms with Gasteiger partial charge in [0.2, 0.25) is 0 Å². The normalized spacial score (nSPS) is 26.3. The molecule has 2 saturated heterocycles. The van der Waals surface area contributed by atoms with Crippen LogP contribution < -0.4 is 0 Å². The molecule has 1 N–H and O–H groups in total. The third-order valence-electron chi connectivity index (χ3n) is 4.34. The van der Waals surface area contributed by atoms with Crippen LogP contribution in [0.5, 0.6) is 0 Å². The Balaban J connectivity index is 1.67. The molecule has 0 aromatic rings. The van der Waals surface area contributed by atoms with E-state index in [-0.39, 0.29) is 18.8 Å². The number of aliphatic carboxylic acids is 1. The Bertz CT molecular complexity index is 330. The Kier molecular flexibility index (Phi) is 6.41. The second-order valence-corrected chi connectivity index (χ2v) is 6.29. The van der Waals surface area contributed by atoms with E-state index in [0.717, 1.165) is 52.2 Å². The van der Waals surface area contributed by atoms with Gasteiger partial charge in [0.25, 0.3) is 0 Å². The maximum Gasteiger partial charge on any atom is 0.329 e. The molecule has 2 rings (SSSR count). The van der Waals surface area contributed by atoms with Gasteiger partial charge in [-0.05, 0) is 26.7 Å². The molecule has 0 aromatic heterocycles. The summed E-state index contributed by atoms with van der Waals surface area (Å²) in [6, 6.07) is 0.576. The first-order chi connectivity index (χ1) is 10.0. The number of carboxylic acid groups (broad SMARTS) is 1. The summed E-state index contributed by atoms with van der Waals surface area (Å²) in [5.41, 5.74) is 0. The number of hydrogen-bond donors (Lipinski definition) is 1. The predicted molar refractivity (Wildman–Crippen MR) is 79.5 cm³/mol. The van der Waals surface area contributed by atoms with Gasteiger partial charge < -0.3 is 19.5 Å². The van der Waals surface area contributed by atoms with Gasteiger partial charge in [0.05, 0.1) is 18.8 Å². The summed E-state index contributed by atoms with van der Waals surface area (Å²) in [7, 11) is 0. The minimum absolute atomic E-state index is 0.0942. The standard InChI is InChI=1S/C15H28N2O4/c1-12(2)17-7-8-20-14(10-17)9-16-5-3-13(4-6-16)21-11-15(18)19/h12-14H,3-11H2,1-2H3,(H,18,19). The molecule has 0 spiro atoms. The molecule has 6 heteroatoms. The van der Waals surface area contributed by atoms with E-state index in [0.29, 0.717) is 6.04 Å².